The Balaban J connectivity index is 0.00000364. The van der Waals surface area contributed by atoms with Gasteiger partial charge in [-0.25, -0.2) is 4.98 Å². The lowest BCUT2D eigenvalue weighted by Crippen LogP contribution is -2.37. The maximum atomic E-state index is 5.55. The summed E-state index contributed by atoms with van der Waals surface area (Å²) in [6, 6.07) is 5.99. The van der Waals surface area contributed by atoms with Crippen molar-refractivity contribution in [1.82, 2.24) is 25.4 Å². The van der Waals surface area contributed by atoms with Crippen LogP contribution < -0.4 is 15.4 Å². The fraction of sp³-hybridized carbons (Fsp3) is 0.526. The van der Waals surface area contributed by atoms with Gasteiger partial charge < -0.3 is 15.4 Å². The Hall–Kier alpha value is -1.84. The van der Waals surface area contributed by atoms with Gasteiger partial charge in [0.05, 0.1) is 11.8 Å². The summed E-state index contributed by atoms with van der Waals surface area (Å²) in [5, 5.41) is 11.1. The van der Waals surface area contributed by atoms with Crippen molar-refractivity contribution in [2.24, 2.45) is 4.99 Å². The summed E-state index contributed by atoms with van der Waals surface area (Å²) in [4.78, 5) is 8.56. The average Bonchev–Trinajstić information content (AvgIpc) is 2.92. The molecule has 7 nitrogen and oxygen atoms in total. The van der Waals surface area contributed by atoms with Crippen LogP contribution in [0, 0.1) is 13.8 Å². The molecule has 8 heteroatoms. The van der Waals surface area contributed by atoms with E-state index in [0.29, 0.717) is 12.4 Å². The highest BCUT2D eigenvalue weighted by Gasteiger charge is 2.03. The molecule has 0 saturated carbocycles. The third kappa shape index (κ3) is 8.15. The summed E-state index contributed by atoms with van der Waals surface area (Å²) in [5.41, 5.74) is 3.33. The van der Waals surface area contributed by atoms with E-state index in [-0.39, 0.29) is 30.1 Å². The number of hydrogen-bond donors (Lipinski definition) is 2. The number of nitrogens with one attached hydrogen (secondary N) is 2. The van der Waals surface area contributed by atoms with Gasteiger partial charge in [0.25, 0.3) is 0 Å². The average molecular weight is 486 g/mol. The van der Waals surface area contributed by atoms with Crippen molar-refractivity contribution < 1.29 is 4.74 Å². The first-order chi connectivity index (χ1) is 12.5. The molecule has 0 bridgehead atoms. The zero-order valence-corrected chi connectivity index (χ0v) is 19.2. The number of pyridine rings is 1. The molecule has 2 aromatic rings. The highest BCUT2D eigenvalue weighted by atomic mass is 127. The molecule has 0 aliphatic heterocycles. The largest absolute Gasteiger partial charge is 0.475 e. The molecular formula is C19H31IN6O. The van der Waals surface area contributed by atoms with Crippen molar-refractivity contribution in [1.29, 1.82) is 0 Å². The molecule has 0 aliphatic rings. The lowest BCUT2D eigenvalue weighted by molar-refractivity contribution is 0.232. The SMILES string of the molecule is CN=C(NCCCn1nc(C)cc1C)NCc1ccc(OC(C)C)nc1.I. The summed E-state index contributed by atoms with van der Waals surface area (Å²) in [6.07, 6.45) is 2.93. The molecular weight excluding hydrogens is 455 g/mol. The number of ether oxygens (including phenoxy) is 1. The predicted molar refractivity (Wildman–Crippen MR) is 120 cm³/mol. The van der Waals surface area contributed by atoms with Crippen molar-refractivity contribution >= 4 is 29.9 Å². The van der Waals surface area contributed by atoms with Crippen LogP contribution in [0.5, 0.6) is 5.88 Å². The number of halogens is 1. The first-order valence-electron chi connectivity index (χ1n) is 9.05. The van der Waals surface area contributed by atoms with Crippen LogP contribution in [0.2, 0.25) is 0 Å². The molecule has 2 aromatic heterocycles. The van der Waals surface area contributed by atoms with Crippen molar-refractivity contribution in [3.63, 3.8) is 0 Å². The number of guanidine groups is 1. The molecule has 2 rings (SSSR count). The molecule has 0 amide bonds. The normalized spacial score (nSPS) is 11.3. The van der Waals surface area contributed by atoms with Gasteiger partial charge in [-0.1, -0.05) is 6.07 Å². The zero-order valence-electron chi connectivity index (χ0n) is 16.8. The van der Waals surface area contributed by atoms with E-state index in [0.717, 1.165) is 36.7 Å². The van der Waals surface area contributed by atoms with Crippen molar-refractivity contribution in [3.05, 3.63) is 41.3 Å². The molecule has 0 radical (unpaired) electrons. The second-order valence-electron chi connectivity index (χ2n) is 6.53. The van der Waals surface area contributed by atoms with Crippen molar-refractivity contribution in [3.8, 4) is 5.88 Å². The van der Waals surface area contributed by atoms with Crippen LogP contribution in [0.4, 0.5) is 0 Å². The second-order valence-corrected chi connectivity index (χ2v) is 6.53. The van der Waals surface area contributed by atoms with Crippen molar-refractivity contribution in [2.75, 3.05) is 13.6 Å². The van der Waals surface area contributed by atoms with Gasteiger partial charge in [0.2, 0.25) is 5.88 Å². The Morgan fingerprint density at radius 1 is 1.26 bits per heavy atom. The highest BCUT2D eigenvalue weighted by molar-refractivity contribution is 14.0. The van der Waals surface area contributed by atoms with Crippen LogP contribution in [0.15, 0.2) is 29.4 Å². The minimum atomic E-state index is 0. The maximum absolute atomic E-state index is 5.55. The molecule has 2 N–H and O–H groups in total. The van der Waals surface area contributed by atoms with Gasteiger partial charge in [-0.05, 0) is 45.7 Å². The van der Waals surface area contributed by atoms with Crippen LogP contribution in [0.25, 0.3) is 0 Å². The minimum Gasteiger partial charge on any atom is -0.475 e. The molecule has 150 valence electrons. The topological polar surface area (TPSA) is 76.4 Å². The first kappa shape index (κ1) is 23.2. The van der Waals surface area contributed by atoms with Gasteiger partial charge in [-0.15, -0.1) is 24.0 Å². The van der Waals surface area contributed by atoms with Crippen LogP contribution in [-0.4, -0.2) is 40.4 Å². The summed E-state index contributed by atoms with van der Waals surface area (Å²) in [6.45, 7) is 10.5. The number of hydrogen-bond acceptors (Lipinski definition) is 4. The fourth-order valence-corrected chi connectivity index (χ4v) is 2.57. The van der Waals surface area contributed by atoms with Gasteiger partial charge in [0.1, 0.15) is 0 Å². The van der Waals surface area contributed by atoms with Gasteiger partial charge >= 0.3 is 0 Å². The Bertz CT molecular complexity index is 711. The summed E-state index contributed by atoms with van der Waals surface area (Å²) in [5.74, 6) is 1.43. The molecule has 0 unspecified atom stereocenters. The second kappa shape index (κ2) is 11.8. The van der Waals surface area contributed by atoms with Gasteiger partial charge in [-0.3, -0.25) is 9.67 Å². The number of rotatable bonds is 8. The summed E-state index contributed by atoms with van der Waals surface area (Å²) < 4.78 is 7.59. The quantitative estimate of drug-likeness (QED) is 0.260. The summed E-state index contributed by atoms with van der Waals surface area (Å²) >= 11 is 0. The van der Waals surface area contributed by atoms with E-state index in [1.165, 1.54) is 5.69 Å². The Kier molecular flexibility index (Phi) is 10.1. The van der Waals surface area contributed by atoms with E-state index in [9.17, 15) is 0 Å². The van der Waals surface area contributed by atoms with Crippen LogP contribution in [0.1, 0.15) is 37.2 Å². The van der Waals surface area contributed by atoms with Gasteiger partial charge in [-0.2, -0.15) is 5.10 Å². The molecule has 0 atom stereocenters. The smallest absolute Gasteiger partial charge is 0.213 e. The van der Waals surface area contributed by atoms with Gasteiger partial charge in [0, 0.05) is 44.6 Å². The third-order valence-corrected chi connectivity index (χ3v) is 3.78. The molecule has 2 heterocycles. The van der Waals surface area contributed by atoms with E-state index in [2.05, 4.69) is 38.7 Å². The molecule has 0 aliphatic carbocycles. The Morgan fingerprint density at radius 3 is 2.59 bits per heavy atom. The van der Waals surface area contributed by atoms with E-state index in [4.69, 9.17) is 4.74 Å². The van der Waals surface area contributed by atoms with E-state index in [1.807, 2.05) is 43.8 Å². The third-order valence-electron chi connectivity index (χ3n) is 3.78. The van der Waals surface area contributed by atoms with Gasteiger partial charge in [0.15, 0.2) is 5.96 Å². The molecule has 0 saturated heterocycles. The Morgan fingerprint density at radius 2 is 2.04 bits per heavy atom. The number of aryl methyl sites for hydroxylation is 3. The highest BCUT2D eigenvalue weighted by Crippen LogP contribution is 2.09. The number of aromatic nitrogens is 3. The lowest BCUT2D eigenvalue weighted by atomic mass is 10.3. The predicted octanol–water partition coefficient (Wildman–Crippen LogP) is 3.06. The monoisotopic (exact) mass is 486 g/mol. The molecule has 0 fully saturated rings. The number of aliphatic imine (C=N–C) groups is 1. The maximum Gasteiger partial charge on any atom is 0.213 e. The van der Waals surface area contributed by atoms with Crippen molar-refractivity contribution in [2.45, 2.75) is 53.3 Å². The standard InChI is InChI=1S/C19H30N6O.HI/c1-14(2)26-18-8-7-17(12-22-18)13-23-19(20-5)21-9-6-10-25-16(4)11-15(3)24-25;/h7-8,11-12,14H,6,9-10,13H2,1-5H3,(H2,20,21,23);1H. The van der Waals surface area contributed by atoms with Crippen LogP contribution >= 0.6 is 24.0 Å². The summed E-state index contributed by atoms with van der Waals surface area (Å²) in [7, 11) is 1.77. The zero-order chi connectivity index (χ0) is 18.9. The van der Waals surface area contributed by atoms with Crippen LogP contribution in [0.3, 0.4) is 0 Å². The number of nitrogens with zero attached hydrogens (tertiary/aromatic N) is 4. The minimum absolute atomic E-state index is 0. The molecule has 27 heavy (non-hydrogen) atoms. The first-order valence-corrected chi connectivity index (χ1v) is 9.05. The van der Waals surface area contributed by atoms with E-state index >= 15 is 0 Å². The van der Waals surface area contributed by atoms with E-state index in [1.54, 1.807) is 7.05 Å². The fourth-order valence-electron chi connectivity index (χ4n) is 2.57. The lowest BCUT2D eigenvalue weighted by Gasteiger charge is -2.13. The molecule has 0 aromatic carbocycles. The Labute approximate surface area is 179 Å². The van der Waals surface area contributed by atoms with E-state index < -0.39 is 0 Å². The molecule has 0 spiro atoms. The van der Waals surface area contributed by atoms with Crippen LogP contribution in [-0.2, 0) is 13.1 Å².